The summed E-state index contributed by atoms with van der Waals surface area (Å²) in [7, 11) is 0. The molecule has 2 heterocycles. The van der Waals surface area contributed by atoms with Crippen molar-refractivity contribution in [1.82, 2.24) is 4.90 Å². The number of carbonyl (C=O) groups is 2. The first kappa shape index (κ1) is 22.4. The first-order valence-corrected chi connectivity index (χ1v) is 12.1. The molecular formula is C25H24ClN3O2S. The van der Waals surface area contributed by atoms with Gasteiger partial charge < -0.3 is 4.90 Å². The molecule has 2 aromatic rings. The van der Waals surface area contributed by atoms with Crippen LogP contribution < -0.4 is 4.90 Å². The highest BCUT2D eigenvalue weighted by Crippen LogP contribution is 2.42. The van der Waals surface area contributed by atoms with Crippen molar-refractivity contribution in [2.45, 2.75) is 37.4 Å². The lowest BCUT2D eigenvalue weighted by atomic mass is 10.1. The first-order chi connectivity index (χ1) is 15.6. The van der Waals surface area contributed by atoms with Crippen molar-refractivity contribution in [3.63, 3.8) is 0 Å². The van der Waals surface area contributed by atoms with Gasteiger partial charge in [-0.15, -0.1) is 0 Å². The second kappa shape index (κ2) is 10.2. The van der Waals surface area contributed by atoms with Gasteiger partial charge >= 0.3 is 0 Å². The van der Waals surface area contributed by atoms with E-state index in [0.29, 0.717) is 35.2 Å². The van der Waals surface area contributed by atoms with Gasteiger partial charge in [0.25, 0.3) is 5.91 Å². The molecule has 2 aromatic carbocycles. The Bertz CT molecular complexity index is 1070. The number of amides is 2. The third-order valence-electron chi connectivity index (χ3n) is 5.76. The average Bonchev–Trinajstić information content (AvgIpc) is 2.98. The number of carbonyl (C=O) groups excluding carboxylic acids is 2. The van der Waals surface area contributed by atoms with Crippen molar-refractivity contribution < 1.29 is 9.59 Å². The minimum atomic E-state index is -0.467. The molecule has 0 aliphatic carbocycles. The van der Waals surface area contributed by atoms with Gasteiger partial charge in [0.05, 0.1) is 5.25 Å². The van der Waals surface area contributed by atoms with Crippen LogP contribution >= 0.6 is 23.4 Å². The normalized spacial score (nSPS) is 20.6. The first-order valence-electron chi connectivity index (χ1n) is 10.8. The molecule has 32 heavy (non-hydrogen) atoms. The molecule has 0 bridgehead atoms. The van der Waals surface area contributed by atoms with Crippen LogP contribution in [0.25, 0.3) is 0 Å². The molecule has 0 aromatic heterocycles. The summed E-state index contributed by atoms with van der Waals surface area (Å²) in [6.07, 6.45) is 4.47. The van der Waals surface area contributed by atoms with Crippen molar-refractivity contribution in [2.24, 2.45) is 0 Å². The van der Waals surface area contributed by atoms with Gasteiger partial charge in [0.15, 0.2) is 0 Å². The Morgan fingerprint density at radius 3 is 2.34 bits per heavy atom. The lowest BCUT2D eigenvalue weighted by molar-refractivity contribution is -0.126. The maximum absolute atomic E-state index is 13.5. The summed E-state index contributed by atoms with van der Waals surface area (Å²) in [4.78, 5) is 30.1. The molecule has 2 amide bonds. The molecule has 2 fully saturated rings. The monoisotopic (exact) mass is 465 g/mol. The molecule has 7 heteroatoms. The number of benzene rings is 2. The molecule has 5 nitrogen and oxygen atoms in total. The second-order valence-electron chi connectivity index (χ2n) is 7.91. The Labute approximate surface area is 197 Å². The number of nitriles is 1. The Balaban J connectivity index is 1.72. The Morgan fingerprint density at radius 1 is 1.03 bits per heavy atom. The van der Waals surface area contributed by atoms with Crippen LogP contribution in [0.2, 0.25) is 5.02 Å². The van der Waals surface area contributed by atoms with E-state index in [-0.39, 0.29) is 17.4 Å². The summed E-state index contributed by atoms with van der Waals surface area (Å²) < 4.78 is 0. The maximum Gasteiger partial charge on any atom is 0.267 e. The molecule has 2 saturated heterocycles. The third-order valence-corrected chi connectivity index (χ3v) is 7.39. The van der Waals surface area contributed by atoms with Crippen molar-refractivity contribution in [1.29, 1.82) is 5.26 Å². The van der Waals surface area contributed by atoms with Crippen LogP contribution in [0.1, 0.15) is 31.2 Å². The molecule has 1 unspecified atom stereocenters. The fourth-order valence-electron chi connectivity index (χ4n) is 4.09. The Kier molecular flexibility index (Phi) is 7.19. The summed E-state index contributed by atoms with van der Waals surface area (Å²) in [6, 6.07) is 18.8. The maximum atomic E-state index is 13.5. The summed E-state index contributed by atoms with van der Waals surface area (Å²) in [5.74, 6) is -0.434. The predicted molar refractivity (Wildman–Crippen MR) is 128 cm³/mol. The largest absolute Gasteiger partial charge is 0.338 e. The number of nitrogens with zero attached hydrogens (tertiary/aromatic N) is 3. The topological polar surface area (TPSA) is 64.4 Å². The number of thioether (sulfide) groups is 1. The molecule has 1 atom stereocenters. The van der Waals surface area contributed by atoms with E-state index < -0.39 is 5.25 Å². The number of rotatable bonds is 4. The zero-order valence-corrected chi connectivity index (χ0v) is 19.2. The molecule has 2 aliphatic heterocycles. The number of halogens is 1. The van der Waals surface area contributed by atoms with Crippen LogP contribution in [0, 0.1) is 11.3 Å². The van der Waals surface area contributed by atoms with Crippen molar-refractivity contribution in [3.05, 3.63) is 75.8 Å². The molecule has 0 N–H and O–H groups in total. The number of hydrogen-bond donors (Lipinski definition) is 0. The summed E-state index contributed by atoms with van der Waals surface area (Å²) in [5, 5.41) is 10.5. The molecule has 164 valence electrons. The van der Waals surface area contributed by atoms with E-state index in [9.17, 15) is 14.9 Å². The van der Waals surface area contributed by atoms with Gasteiger partial charge in [-0.3, -0.25) is 14.5 Å². The van der Waals surface area contributed by atoms with Crippen LogP contribution in [0.15, 0.2) is 65.2 Å². The minimum Gasteiger partial charge on any atom is -0.338 e. The Morgan fingerprint density at radius 2 is 1.69 bits per heavy atom. The quantitative estimate of drug-likeness (QED) is 0.461. The van der Waals surface area contributed by atoms with Gasteiger partial charge in [-0.05, 0) is 43.0 Å². The van der Waals surface area contributed by atoms with E-state index in [2.05, 4.69) is 6.07 Å². The van der Waals surface area contributed by atoms with Crippen LogP contribution in [0.5, 0.6) is 0 Å². The molecule has 4 rings (SSSR count). The van der Waals surface area contributed by atoms with Crippen LogP contribution in [0.4, 0.5) is 5.69 Å². The standard InChI is InChI=1S/C25H24ClN3O2S/c26-21-13-7-6-10-18(21)16-22-24(31)29(19-11-4-3-5-12-19)25(32-22)20(17-27)23(30)28-14-8-1-2-9-15-28/h3-7,10-13,22H,1-2,8-9,14-16H2. The molecule has 0 radical (unpaired) electrons. The van der Waals surface area contributed by atoms with Gasteiger partial charge in [-0.25, -0.2) is 0 Å². The summed E-state index contributed by atoms with van der Waals surface area (Å²) >= 11 is 7.62. The molecule has 2 aliphatic rings. The molecule has 0 spiro atoms. The minimum absolute atomic E-state index is 0.0377. The zero-order chi connectivity index (χ0) is 22.5. The lowest BCUT2D eigenvalue weighted by Gasteiger charge is -2.23. The van der Waals surface area contributed by atoms with E-state index in [1.807, 2.05) is 48.5 Å². The number of anilines is 1. The summed E-state index contributed by atoms with van der Waals surface area (Å²) in [5.41, 5.74) is 1.56. The Hall–Kier alpha value is -2.75. The number of para-hydroxylation sites is 1. The highest BCUT2D eigenvalue weighted by molar-refractivity contribution is 8.05. The predicted octanol–water partition coefficient (Wildman–Crippen LogP) is 5.17. The fraction of sp³-hybridized carbons (Fsp3) is 0.320. The average molecular weight is 466 g/mol. The molecular weight excluding hydrogens is 442 g/mol. The smallest absolute Gasteiger partial charge is 0.267 e. The van der Waals surface area contributed by atoms with E-state index in [1.54, 1.807) is 11.0 Å². The summed E-state index contributed by atoms with van der Waals surface area (Å²) in [6.45, 7) is 1.29. The fourth-order valence-corrected chi connectivity index (χ4v) is 5.59. The van der Waals surface area contributed by atoms with Crippen molar-refractivity contribution in [3.8, 4) is 6.07 Å². The van der Waals surface area contributed by atoms with E-state index in [1.165, 1.54) is 16.7 Å². The van der Waals surface area contributed by atoms with Crippen LogP contribution in [-0.4, -0.2) is 35.1 Å². The SMILES string of the molecule is N#CC(C(=O)N1CCCCCC1)=C1SC(Cc2ccccc2Cl)C(=O)N1c1ccccc1. The van der Waals surface area contributed by atoms with E-state index in [0.717, 1.165) is 31.2 Å². The number of hydrogen-bond acceptors (Lipinski definition) is 4. The van der Waals surface area contributed by atoms with Gasteiger partial charge in [0, 0.05) is 23.8 Å². The van der Waals surface area contributed by atoms with Crippen LogP contribution in [-0.2, 0) is 16.0 Å². The van der Waals surface area contributed by atoms with Gasteiger partial charge in [0.2, 0.25) is 5.91 Å². The van der Waals surface area contributed by atoms with Gasteiger partial charge in [-0.1, -0.05) is 72.6 Å². The van der Waals surface area contributed by atoms with Crippen molar-refractivity contribution in [2.75, 3.05) is 18.0 Å². The van der Waals surface area contributed by atoms with Crippen molar-refractivity contribution >= 4 is 40.9 Å². The second-order valence-corrected chi connectivity index (χ2v) is 9.51. The van der Waals surface area contributed by atoms with E-state index >= 15 is 0 Å². The lowest BCUT2D eigenvalue weighted by Crippen LogP contribution is -2.35. The van der Waals surface area contributed by atoms with Crippen LogP contribution in [0.3, 0.4) is 0 Å². The van der Waals surface area contributed by atoms with Gasteiger partial charge in [-0.2, -0.15) is 5.26 Å². The number of likely N-dealkylation sites (tertiary alicyclic amines) is 1. The molecule has 0 saturated carbocycles. The third kappa shape index (κ3) is 4.69. The highest BCUT2D eigenvalue weighted by Gasteiger charge is 2.41. The zero-order valence-electron chi connectivity index (χ0n) is 17.7. The van der Waals surface area contributed by atoms with Gasteiger partial charge in [0.1, 0.15) is 16.7 Å². The highest BCUT2D eigenvalue weighted by atomic mass is 35.5. The van der Waals surface area contributed by atoms with E-state index in [4.69, 9.17) is 11.6 Å².